The van der Waals surface area contributed by atoms with Gasteiger partial charge in [0, 0.05) is 12.5 Å². The topological polar surface area (TPSA) is 125 Å². The van der Waals surface area contributed by atoms with Crippen LogP contribution in [-0.4, -0.2) is 47.4 Å². The van der Waals surface area contributed by atoms with Crippen molar-refractivity contribution >= 4 is 23.7 Å². The molecule has 0 spiro atoms. The lowest BCUT2D eigenvalue weighted by atomic mass is 9.98. The first-order valence-electron chi connectivity index (χ1n) is 10.9. The number of anilines is 1. The van der Waals surface area contributed by atoms with Crippen molar-refractivity contribution in [3.05, 3.63) is 89.2 Å². The Kier molecular flexibility index (Phi) is 7.07. The molecule has 35 heavy (non-hydrogen) atoms. The van der Waals surface area contributed by atoms with Gasteiger partial charge in [-0.25, -0.2) is 14.0 Å². The maximum atomic E-state index is 13.7. The van der Waals surface area contributed by atoms with Crippen LogP contribution < -0.4 is 10.6 Å². The summed E-state index contributed by atoms with van der Waals surface area (Å²) in [6, 6.07) is 19.3. The standard InChI is InChI=1S/C26H23FN2O6/c27-21-10-5-11-22(24(21)25(32)33)29-23(31)12-15(30)13-28-26(34)35-14-20-18-8-3-1-6-16(18)17-7-2-4-9-19(17)20/h1-11,15,20,30H,12-14H2,(H,28,34)(H,29,31)(H,32,33). The van der Waals surface area contributed by atoms with Crippen LogP contribution in [-0.2, 0) is 9.53 Å². The van der Waals surface area contributed by atoms with Crippen LogP contribution >= 0.6 is 0 Å². The number of benzene rings is 3. The summed E-state index contributed by atoms with van der Waals surface area (Å²) in [4.78, 5) is 35.6. The number of carbonyl (C=O) groups is 3. The molecule has 180 valence electrons. The van der Waals surface area contributed by atoms with Gasteiger partial charge in [0.2, 0.25) is 5.91 Å². The molecule has 3 aromatic rings. The van der Waals surface area contributed by atoms with Gasteiger partial charge in [-0.05, 0) is 34.4 Å². The Balaban J connectivity index is 1.27. The van der Waals surface area contributed by atoms with E-state index in [1.807, 2.05) is 48.5 Å². The average Bonchev–Trinajstić information content (AvgIpc) is 3.15. The zero-order valence-electron chi connectivity index (χ0n) is 18.5. The van der Waals surface area contributed by atoms with Crippen LogP contribution in [0.15, 0.2) is 66.7 Å². The SMILES string of the molecule is O=C(CC(O)CNC(=O)OCC1c2ccccc2-c2ccccc21)Nc1cccc(F)c1C(=O)O. The van der Waals surface area contributed by atoms with E-state index in [9.17, 15) is 23.9 Å². The van der Waals surface area contributed by atoms with Crippen LogP contribution in [0.2, 0.25) is 0 Å². The van der Waals surface area contributed by atoms with E-state index in [4.69, 9.17) is 9.84 Å². The molecule has 0 radical (unpaired) electrons. The van der Waals surface area contributed by atoms with E-state index in [0.29, 0.717) is 0 Å². The summed E-state index contributed by atoms with van der Waals surface area (Å²) in [5, 5.41) is 23.9. The number of hydrogen-bond acceptors (Lipinski definition) is 5. The van der Waals surface area contributed by atoms with Crippen molar-refractivity contribution < 1.29 is 33.7 Å². The molecule has 0 aliphatic heterocycles. The summed E-state index contributed by atoms with van der Waals surface area (Å²) >= 11 is 0. The molecule has 0 fully saturated rings. The molecular formula is C26H23FN2O6. The third-order valence-electron chi connectivity index (χ3n) is 5.75. The highest BCUT2D eigenvalue weighted by atomic mass is 19.1. The molecule has 1 unspecified atom stereocenters. The lowest BCUT2D eigenvalue weighted by Crippen LogP contribution is -2.35. The number of aliphatic hydroxyl groups is 1. The van der Waals surface area contributed by atoms with Gasteiger partial charge in [-0.2, -0.15) is 0 Å². The largest absolute Gasteiger partial charge is 0.478 e. The molecule has 0 bridgehead atoms. The van der Waals surface area contributed by atoms with Crippen molar-refractivity contribution in [1.29, 1.82) is 0 Å². The third kappa shape index (κ3) is 5.30. The number of fused-ring (bicyclic) bond motifs is 3. The molecule has 3 aromatic carbocycles. The fraction of sp³-hybridized carbons (Fsp3) is 0.192. The van der Waals surface area contributed by atoms with Crippen LogP contribution in [0.1, 0.15) is 33.8 Å². The van der Waals surface area contributed by atoms with E-state index >= 15 is 0 Å². The Morgan fingerprint density at radius 2 is 1.57 bits per heavy atom. The highest BCUT2D eigenvalue weighted by Gasteiger charge is 2.29. The highest BCUT2D eigenvalue weighted by Crippen LogP contribution is 2.44. The van der Waals surface area contributed by atoms with E-state index in [-0.39, 0.29) is 24.8 Å². The van der Waals surface area contributed by atoms with Crippen molar-refractivity contribution in [3.63, 3.8) is 0 Å². The van der Waals surface area contributed by atoms with E-state index in [1.165, 1.54) is 12.1 Å². The van der Waals surface area contributed by atoms with E-state index in [2.05, 4.69) is 10.6 Å². The molecule has 1 aliphatic carbocycles. The number of ether oxygens (including phenoxy) is 1. The summed E-state index contributed by atoms with van der Waals surface area (Å²) in [6.07, 6.45) is -2.46. The fourth-order valence-corrected chi connectivity index (χ4v) is 4.18. The monoisotopic (exact) mass is 478 g/mol. The Morgan fingerprint density at radius 3 is 2.20 bits per heavy atom. The molecule has 1 aliphatic rings. The van der Waals surface area contributed by atoms with E-state index in [1.54, 1.807) is 0 Å². The molecule has 1 atom stereocenters. The summed E-state index contributed by atoms with van der Waals surface area (Å²) in [6.45, 7) is -0.160. The molecule has 0 saturated heterocycles. The Labute approximate surface area is 200 Å². The first-order valence-corrected chi connectivity index (χ1v) is 10.9. The van der Waals surface area contributed by atoms with Gasteiger partial charge in [-0.1, -0.05) is 54.6 Å². The van der Waals surface area contributed by atoms with Crippen molar-refractivity contribution in [3.8, 4) is 11.1 Å². The number of rotatable bonds is 8. The molecule has 4 N–H and O–H groups in total. The number of carbonyl (C=O) groups excluding carboxylic acids is 2. The third-order valence-corrected chi connectivity index (χ3v) is 5.75. The zero-order chi connectivity index (χ0) is 24.9. The number of halogens is 1. The molecule has 9 heteroatoms. The lowest BCUT2D eigenvalue weighted by molar-refractivity contribution is -0.118. The minimum Gasteiger partial charge on any atom is -0.478 e. The average molecular weight is 478 g/mol. The summed E-state index contributed by atoms with van der Waals surface area (Å²) < 4.78 is 19.1. The van der Waals surface area contributed by atoms with Gasteiger partial charge in [-0.15, -0.1) is 0 Å². The molecule has 0 saturated carbocycles. The number of carboxylic acid groups (broad SMARTS) is 1. The zero-order valence-corrected chi connectivity index (χ0v) is 18.5. The van der Waals surface area contributed by atoms with Crippen LogP contribution in [0, 0.1) is 5.82 Å². The molecule has 4 rings (SSSR count). The number of carboxylic acids is 1. The van der Waals surface area contributed by atoms with Gasteiger partial charge >= 0.3 is 12.1 Å². The molecule has 0 aromatic heterocycles. The number of nitrogens with one attached hydrogen (secondary N) is 2. The second kappa shape index (κ2) is 10.4. The first-order chi connectivity index (χ1) is 16.8. The number of aromatic carboxylic acids is 1. The Bertz CT molecular complexity index is 1230. The minimum absolute atomic E-state index is 0.105. The second-order valence-corrected chi connectivity index (χ2v) is 8.08. The van der Waals surface area contributed by atoms with Crippen LogP contribution in [0.25, 0.3) is 11.1 Å². The van der Waals surface area contributed by atoms with Crippen LogP contribution in [0.4, 0.5) is 14.9 Å². The number of aliphatic hydroxyl groups excluding tert-OH is 1. The molecular weight excluding hydrogens is 455 g/mol. The normalized spacial score (nSPS) is 12.9. The second-order valence-electron chi connectivity index (χ2n) is 8.08. The first kappa shape index (κ1) is 23.9. The van der Waals surface area contributed by atoms with Gasteiger partial charge in [0.15, 0.2) is 0 Å². The van der Waals surface area contributed by atoms with Gasteiger partial charge < -0.3 is 25.6 Å². The fourth-order valence-electron chi connectivity index (χ4n) is 4.18. The van der Waals surface area contributed by atoms with Gasteiger partial charge in [0.05, 0.1) is 18.2 Å². The minimum atomic E-state index is -1.53. The maximum Gasteiger partial charge on any atom is 0.407 e. The lowest BCUT2D eigenvalue weighted by Gasteiger charge is -2.16. The summed E-state index contributed by atoms with van der Waals surface area (Å²) in [5.41, 5.74) is 3.43. The predicted octanol–water partition coefficient (Wildman–Crippen LogP) is 3.75. The van der Waals surface area contributed by atoms with Crippen molar-refractivity contribution in [2.45, 2.75) is 18.4 Å². The Morgan fingerprint density at radius 1 is 0.943 bits per heavy atom. The highest BCUT2D eigenvalue weighted by molar-refractivity contribution is 6.00. The quantitative estimate of drug-likeness (QED) is 0.391. The van der Waals surface area contributed by atoms with Gasteiger partial charge in [0.1, 0.15) is 18.0 Å². The van der Waals surface area contributed by atoms with E-state index in [0.717, 1.165) is 28.3 Å². The molecule has 8 nitrogen and oxygen atoms in total. The van der Waals surface area contributed by atoms with Crippen molar-refractivity contribution in [1.82, 2.24) is 5.32 Å². The predicted molar refractivity (Wildman–Crippen MR) is 126 cm³/mol. The molecule has 2 amide bonds. The van der Waals surface area contributed by atoms with Gasteiger partial charge in [-0.3, -0.25) is 4.79 Å². The number of amides is 2. The number of hydrogen-bond donors (Lipinski definition) is 4. The smallest absolute Gasteiger partial charge is 0.407 e. The van der Waals surface area contributed by atoms with Crippen molar-refractivity contribution in [2.24, 2.45) is 0 Å². The molecule has 0 heterocycles. The van der Waals surface area contributed by atoms with E-state index < -0.39 is 41.9 Å². The summed E-state index contributed by atoms with van der Waals surface area (Å²) in [5.74, 6) is -3.37. The number of alkyl carbamates (subject to hydrolysis) is 1. The van der Waals surface area contributed by atoms with Crippen LogP contribution in [0.5, 0.6) is 0 Å². The van der Waals surface area contributed by atoms with Gasteiger partial charge in [0.25, 0.3) is 0 Å². The van der Waals surface area contributed by atoms with Crippen molar-refractivity contribution in [2.75, 3.05) is 18.5 Å². The Hall–Kier alpha value is -4.24. The maximum absolute atomic E-state index is 13.7. The van der Waals surface area contributed by atoms with Crippen LogP contribution in [0.3, 0.4) is 0 Å². The summed E-state index contributed by atoms with van der Waals surface area (Å²) in [7, 11) is 0.